The summed E-state index contributed by atoms with van der Waals surface area (Å²) in [6, 6.07) is 6.36. The van der Waals surface area contributed by atoms with Crippen LogP contribution in [0, 0.1) is 18.2 Å². The number of nitrogen functional groups attached to an aromatic ring is 1. The molecule has 6 heteroatoms. The largest absolute Gasteiger partial charge is 0.382 e. The van der Waals surface area contributed by atoms with Gasteiger partial charge in [0.25, 0.3) is 0 Å². The van der Waals surface area contributed by atoms with Crippen LogP contribution in [0.25, 0.3) is 5.65 Å². The zero-order chi connectivity index (χ0) is 15.0. The topological polar surface area (TPSA) is 80.1 Å². The molecule has 2 aromatic heterocycles. The first-order valence-electron chi connectivity index (χ1n) is 6.47. The van der Waals surface area contributed by atoms with E-state index >= 15 is 0 Å². The molecule has 106 valence electrons. The lowest BCUT2D eigenvalue weighted by molar-refractivity contribution is 0.626. The first-order chi connectivity index (χ1) is 10.0. The lowest BCUT2D eigenvalue weighted by Gasteiger charge is -2.07. The van der Waals surface area contributed by atoms with Gasteiger partial charge in [-0.2, -0.15) is 0 Å². The minimum Gasteiger partial charge on any atom is -0.382 e. The van der Waals surface area contributed by atoms with E-state index in [9.17, 15) is 4.39 Å². The van der Waals surface area contributed by atoms with E-state index in [-0.39, 0.29) is 11.7 Å². The number of amidine groups is 1. The Morgan fingerprint density at radius 1 is 1.33 bits per heavy atom. The number of hydrogen-bond acceptors (Lipinski definition) is 3. The van der Waals surface area contributed by atoms with E-state index in [1.807, 2.05) is 19.2 Å². The van der Waals surface area contributed by atoms with Crippen LogP contribution in [0.3, 0.4) is 0 Å². The number of rotatable bonds is 3. The Bertz CT molecular complexity index is 837. The molecule has 1 aromatic carbocycles. The number of nitrogens with two attached hydrogens (primary N) is 1. The number of aryl methyl sites for hydroxylation is 1. The number of halogens is 1. The van der Waals surface area contributed by atoms with Gasteiger partial charge in [-0.15, -0.1) is 0 Å². The van der Waals surface area contributed by atoms with Gasteiger partial charge < -0.3 is 10.1 Å². The zero-order valence-electron chi connectivity index (χ0n) is 11.5. The molecular formula is C15H14FN5. The van der Waals surface area contributed by atoms with Crippen molar-refractivity contribution in [3.8, 4) is 0 Å². The number of imidazole rings is 1. The summed E-state index contributed by atoms with van der Waals surface area (Å²) in [5.41, 5.74) is 8.91. The zero-order valence-corrected chi connectivity index (χ0v) is 11.5. The first-order valence-corrected chi connectivity index (χ1v) is 6.47. The van der Waals surface area contributed by atoms with Gasteiger partial charge in [0.15, 0.2) is 5.65 Å². The fourth-order valence-electron chi connectivity index (χ4n) is 2.27. The van der Waals surface area contributed by atoms with Crippen LogP contribution in [-0.4, -0.2) is 20.2 Å². The molecule has 0 aliphatic heterocycles. The molecule has 0 bridgehead atoms. The van der Waals surface area contributed by atoms with Crippen molar-refractivity contribution in [3.05, 3.63) is 65.1 Å². The Hall–Kier alpha value is -2.76. The maximum absolute atomic E-state index is 13.3. The Kier molecular flexibility index (Phi) is 3.13. The van der Waals surface area contributed by atoms with Gasteiger partial charge in [0.05, 0.1) is 11.4 Å². The number of nitrogens with one attached hydrogen (secondary N) is 1. The van der Waals surface area contributed by atoms with Gasteiger partial charge in [-0.25, -0.2) is 14.4 Å². The Balaban J connectivity index is 2.13. The summed E-state index contributed by atoms with van der Waals surface area (Å²) in [5, 5.41) is 7.55. The van der Waals surface area contributed by atoms with Crippen LogP contribution in [0.1, 0.15) is 22.6 Å². The van der Waals surface area contributed by atoms with E-state index in [1.54, 1.807) is 16.7 Å². The van der Waals surface area contributed by atoms with Crippen LogP contribution < -0.4 is 5.73 Å². The van der Waals surface area contributed by atoms with Gasteiger partial charge in [0.1, 0.15) is 17.3 Å². The van der Waals surface area contributed by atoms with Crippen LogP contribution in [0.5, 0.6) is 0 Å². The predicted octanol–water partition coefficient (Wildman–Crippen LogP) is 2.05. The molecule has 3 N–H and O–H groups in total. The van der Waals surface area contributed by atoms with Crippen molar-refractivity contribution in [1.82, 2.24) is 14.4 Å². The highest BCUT2D eigenvalue weighted by Crippen LogP contribution is 2.15. The van der Waals surface area contributed by atoms with Crippen LogP contribution in [0.15, 0.2) is 36.7 Å². The number of nitrogens with zero attached hydrogens (tertiary/aromatic N) is 3. The third kappa shape index (κ3) is 2.60. The molecule has 0 saturated carbocycles. The Labute approximate surface area is 120 Å². The van der Waals surface area contributed by atoms with E-state index in [1.165, 1.54) is 12.1 Å². The molecule has 0 aliphatic rings. The van der Waals surface area contributed by atoms with Gasteiger partial charge >= 0.3 is 0 Å². The Morgan fingerprint density at radius 2 is 2.14 bits per heavy atom. The number of benzene rings is 1. The van der Waals surface area contributed by atoms with Crippen molar-refractivity contribution in [3.63, 3.8) is 0 Å². The van der Waals surface area contributed by atoms with Crippen molar-refractivity contribution >= 4 is 11.5 Å². The average molecular weight is 283 g/mol. The molecule has 2 heterocycles. The van der Waals surface area contributed by atoms with E-state index in [2.05, 4.69) is 9.97 Å². The number of hydrogen-bond donors (Lipinski definition) is 2. The summed E-state index contributed by atoms with van der Waals surface area (Å²) in [6.07, 6.45) is 3.95. The highest BCUT2D eigenvalue weighted by Gasteiger charge is 2.11. The highest BCUT2D eigenvalue weighted by molar-refractivity contribution is 5.93. The highest BCUT2D eigenvalue weighted by atomic mass is 19.1. The van der Waals surface area contributed by atoms with Gasteiger partial charge in [0, 0.05) is 18.8 Å². The summed E-state index contributed by atoms with van der Waals surface area (Å²) in [4.78, 5) is 8.81. The van der Waals surface area contributed by atoms with E-state index in [0.717, 1.165) is 11.3 Å². The van der Waals surface area contributed by atoms with Crippen molar-refractivity contribution in [1.29, 1.82) is 5.41 Å². The molecule has 0 atom stereocenters. The number of fused-ring (bicyclic) bond motifs is 1. The SMILES string of the molecule is Cc1cn2cc(C(=N)N)nc(Cc3cccc(F)c3)c2n1. The molecule has 0 unspecified atom stereocenters. The Morgan fingerprint density at radius 3 is 2.86 bits per heavy atom. The lowest BCUT2D eigenvalue weighted by Crippen LogP contribution is -2.15. The molecule has 21 heavy (non-hydrogen) atoms. The maximum Gasteiger partial charge on any atom is 0.159 e. The minimum atomic E-state index is -0.286. The van der Waals surface area contributed by atoms with Crippen molar-refractivity contribution in [2.45, 2.75) is 13.3 Å². The van der Waals surface area contributed by atoms with Crippen molar-refractivity contribution in [2.24, 2.45) is 5.73 Å². The molecule has 0 amide bonds. The molecule has 0 saturated heterocycles. The molecule has 5 nitrogen and oxygen atoms in total. The second-order valence-corrected chi connectivity index (χ2v) is 4.91. The van der Waals surface area contributed by atoms with Gasteiger partial charge in [0.2, 0.25) is 0 Å². The number of aromatic nitrogens is 3. The van der Waals surface area contributed by atoms with Gasteiger partial charge in [-0.3, -0.25) is 5.41 Å². The van der Waals surface area contributed by atoms with E-state index in [4.69, 9.17) is 11.1 Å². The van der Waals surface area contributed by atoms with Crippen LogP contribution >= 0.6 is 0 Å². The van der Waals surface area contributed by atoms with Crippen molar-refractivity contribution in [2.75, 3.05) is 0 Å². The average Bonchev–Trinajstić information content (AvgIpc) is 2.79. The third-order valence-corrected chi connectivity index (χ3v) is 3.16. The van der Waals surface area contributed by atoms with Crippen LogP contribution in [-0.2, 0) is 6.42 Å². The van der Waals surface area contributed by atoms with E-state index < -0.39 is 0 Å². The summed E-state index contributed by atoms with van der Waals surface area (Å²) in [6.45, 7) is 1.88. The van der Waals surface area contributed by atoms with Gasteiger partial charge in [-0.1, -0.05) is 12.1 Å². The molecule has 0 spiro atoms. The summed E-state index contributed by atoms with van der Waals surface area (Å²) >= 11 is 0. The summed E-state index contributed by atoms with van der Waals surface area (Å²) in [7, 11) is 0. The standard InChI is InChI=1S/C15H14FN5/c1-9-7-21-8-13(14(17)18)20-12(15(21)19-9)6-10-3-2-4-11(16)5-10/h2-5,7-8H,6H2,1H3,(H3,17,18). The van der Waals surface area contributed by atoms with Crippen molar-refractivity contribution < 1.29 is 4.39 Å². The monoisotopic (exact) mass is 283 g/mol. The lowest BCUT2D eigenvalue weighted by atomic mass is 10.1. The molecule has 0 aliphatic carbocycles. The summed E-state index contributed by atoms with van der Waals surface area (Å²) < 4.78 is 15.1. The maximum atomic E-state index is 13.3. The first kappa shape index (κ1) is 13.2. The van der Waals surface area contributed by atoms with E-state index in [0.29, 0.717) is 23.5 Å². The molecule has 3 aromatic rings. The molecule has 0 radical (unpaired) electrons. The quantitative estimate of drug-likeness (QED) is 0.570. The third-order valence-electron chi connectivity index (χ3n) is 3.16. The molecular weight excluding hydrogens is 269 g/mol. The second kappa shape index (κ2) is 4.97. The minimum absolute atomic E-state index is 0.108. The van der Waals surface area contributed by atoms with Gasteiger partial charge in [-0.05, 0) is 24.6 Å². The second-order valence-electron chi connectivity index (χ2n) is 4.91. The van der Waals surface area contributed by atoms with Crippen LogP contribution in [0.2, 0.25) is 0 Å². The fourth-order valence-corrected chi connectivity index (χ4v) is 2.27. The fraction of sp³-hybridized carbons (Fsp3) is 0.133. The smallest absolute Gasteiger partial charge is 0.159 e. The summed E-state index contributed by atoms with van der Waals surface area (Å²) in [5.74, 6) is -0.394. The predicted molar refractivity (Wildman–Crippen MR) is 77.9 cm³/mol. The normalized spacial score (nSPS) is 11.0. The molecule has 3 rings (SSSR count). The molecule has 0 fully saturated rings. The van der Waals surface area contributed by atoms with Crippen LogP contribution in [0.4, 0.5) is 4.39 Å².